The van der Waals surface area contributed by atoms with Gasteiger partial charge in [-0.15, -0.1) is 0 Å². The van der Waals surface area contributed by atoms with Gasteiger partial charge in [0.15, 0.2) is 15.9 Å². The van der Waals surface area contributed by atoms with Crippen molar-refractivity contribution in [3.63, 3.8) is 0 Å². The number of halogens is 1. The zero-order chi connectivity index (χ0) is 17.4. The van der Waals surface area contributed by atoms with Gasteiger partial charge in [-0.25, -0.2) is 14.3 Å². The number of rotatable bonds is 3. The van der Waals surface area contributed by atoms with Crippen molar-refractivity contribution in [2.24, 2.45) is 7.05 Å². The summed E-state index contributed by atoms with van der Waals surface area (Å²) in [5, 5.41) is 0. The van der Waals surface area contributed by atoms with Gasteiger partial charge in [0.2, 0.25) is 0 Å². The maximum absolute atomic E-state index is 12.6. The van der Waals surface area contributed by atoms with Crippen LogP contribution in [0, 0.1) is 0 Å². The molecule has 0 bridgehead atoms. The van der Waals surface area contributed by atoms with E-state index in [-0.39, 0.29) is 22.4 Å². The number of imidazole rings is 1. The molecular weight excluding hydrogens is 380 g/mol. The Morgan fingerprint density at radius 1 is 1.25 bits per heavy atom. The Bertz CT molecular complexity index is 1050. The van der Waals surface area contributed by atoms with Crippen LogP contribution in [-0.4, -0.2) is 31.8 Å². The lowest BCUT2D eigenvalue weighted by atomic mass is 10.3. The molecule has 0 aliphatic heterocycles. The van der Waals surface area contributed by atoms with Crippen LogP contribution in [0.2, 0.25) is 0 Å². The summed E-state index contributed by atoms with van der Waals surface area (Å²) in [6.07, 6.45) is 0. The number of carbonyl (C=O) groups is 1. The van der Waals surface area contributed by atoms with Crippen LogP contribution in [-0.2, 0) is 23.1 Å². The van der Waals surface area contributed by atoms with E-state index in [2.05, 4.69) is 25.7 Å². The van der Waals surface area contributed by atoms with E-state index >= 15 is 0 Å². The van der Waals surface area contributed by atoms with E-state index < -0.39 is 17.2 Å². The number of aromatic nitrogens is 4. The van der Waals surface area contributed by atoms with Crippen LogP contribution in [0.1, 0.15) is 0 Å². The molecule has 1 aromatic carbocycles. The first kappa shape index (κ1) is 16.2. The van der Waals surface area contributed by atoms with E-state index in [1.165, 1.54) is 23.3 Å². The standard InChI is InChI=1S/C15H13BrN4O4/c1-18-13(22)11-12(17-14(16)19(11)8-10(21)24-2)20(15(18)23)9-6-4-3-5-7-9/h3-7H,8H2,1-2H3. The van der Waals surface area contributed by atoms with Crippen LogP contribution in [0.25, 0.3) is 16.9 Å². The topological polar surface area (TPSA) is 88.1 Å². The van der Waals surface area contributed by atoms with E-state index in [1.54, 1.807) is 24.3 Å². The number of fused-ring (bicyclic) bond motifs is 1. The molecule has 0 fully saturated rings. The third kappa shape index (κ3) is 2.46. The summed E-state index contributed by atoms with van der Waals surface area (Å²) >= 11 is 3.24. The minimum atomic E-state index is -0.538. The summed E-state index contributed by atoms with van der Waals surface area (Å²) in [5.41, 5.74) is -0.181. The van der Waals surface area contributed by atoms with Gasteiger partial charge in [0.05, 0.1) is 12.8 Å². The van der Waals surface area contributed by atoms with Crippen molar-refractivity contribution in [3.05, 3.63) is 55.9 Å². The molecule has 0 spiro atoms. The lowest BCUT2D eigenvalue weighted by Gasteiger charge is -2.09. The van der Waals surface area contributed by atoms with Crippen LogP contribution in [0.4, 0.5) is 0 Å². The fourth-order valence-corrected chi connectivity index (χ4v) is 2.89. The SMILES string of the molecule is COC(=O)Cn1c(Br)nc2c1c(=O)n(C)c(=O)n2-c1ccccc1. The van der Waals surface area contributed by atoms with Crippen molar-refractivity contribution < 1.29 is 9.53 Å². The van der Waals surface area contributed by atoms with Gasteiger partial charge in [0.25, 0.3) is 5.56 Å². The summed E-state index contributed by atoms with van der Waals surface area (Å²) in [5.74, 6) is -0.533. The zero-order valence-corrected chi connectivity index (χ0v) is 14.5. The average molecular weight is 393 g/mol. The highest BCUT2D eigenvalue weighted by molar-refractivity contribution is 9.10. The van der Waals surface area contributed by atoms with E-state index in [4.69, 9.17) is 0 Å². The van der Waals surface area contributed by atoms with Crippen LogP contribution < -0.4 is 11.2 Å². The highest BCUT2D eigenvalue weighted by Gasteiger charge is 2.21. The first-order valence-corrected chi connectivity index (χ1v) is 7.75. The molecule has 24 heavy (non-hydrogen) atoms. The summed E-state index contributed by atoms with van der Waals surface area (Å²) < 4.78 is 8.60. The molecule has 2 aromatic heterocycles. The van der Waals surface area contributed by atoms with Crippen molar-refractivity contribution in [3.8, 4) is 5.69 Å². The highest BCUT2D eigenvalue weighted by atomic mass is 79.9. The fraction of sp³-hybridized carbons (Fsp3) is 0.200. The van der Waals surface area contributed by atoms with Gasteiger partial charge in [-0.2, -0.15) is 0 Å². The van der Waals surface area contributed by atoms with Gasteiger partial charge in [-0.1, -0.05) is 18.2 Å². The Balaban J connectivity index is 2.43. The van der Waals surface area contributed by atoms with E-state index in [9.17, 15) is 14.4 Å². The van der Waals surface area contributed by atoms with E-state index in [0.717, 1.165) is 4.57 Å². The second kappa shape index (κ2) is 6.08. The molecule has 0 aliphatic rings. The van der Waals surface area contributed by atoms with Crippen LogP contribution >= 0.6 is 15.9 Å². The summed E-state index contributed by atoms with van der Waals surface area (Å²) in [4.78, 5) is 41.0. The number of benzene rings is 1. The summed E-state index contributed by atoms with van der Waals surface area (Å²) in [6.45, 7) is -0.199. The molecule has 0 N–H and O–H groups in total. The third-order valence-electron chi connectivity index (χ3n) is 3.63. The predicted molar refractivity (Wildman–Crippen MR) is 90.3 cm³/mol. The van der Waals surface area contributed by atoms with Gasteiger partial charge in [-0.3, -0.25) is 14.2 Å². The fourth-order valence-electron chi connectivity index (χ4n) is 2.41. The van der Waals surface area contributed by atoms with E-state index in [1.807, 2.05) is 6.07 Å². The number of hydrogen-bond acceptors (Lipinski definition) is 5. The molecule has 9 heteroatoms. The lowest BCUT2D eigenvalue weighted by Crippen LogP contribution is -2.38. The van der Waals surface area contributed by atoms with Crippen LogP contribution in [0.3, 0.4) is 0 Å². The highest BCUT2D eigenvalue weighted by Crippen LogP contribution is 2.19. The molecule has 0 unspecified atom stereocenters. The first-order chi connectivity index (χ1) is 11.5. The average Bonchev–Trinajstić information content (AvgIpc) is 2.90. The Morgan fingerprint density at radius 3 is 2.54 bits per heavy atom. The number of nitrogens with zero attached hydrogens (tertiary/aromatic N) is 4. The minimum absolute atomic E-state index is 0.137. The molecular formula is C15H13BrN4O4. The Labute approximate surface area is 144 Å². The zero-order valence-electron chi connectivity index (χ0n) is 12.9. The Kier molecular flexibility index (Phi) is 4.10. The molecule has 0 atom stereocenters. The van der Waals surface area contributed by atoms with Crippen molar-refractivity contribution in [1.82, 2.24) is 18.7 Å². The molecule has 8 nitrogen and oxygen atoms in total. The second-order valence-electron chi connectivity index (χ2n) is 5.03. The quantitative estimate of drug-likeness (QED) is 0.486. The van der Waals surface area contributed by atoms with E-state index in [0.29, 0.717) is 5.69 Å². The third-order valence-corrected chi connectivity index (χ3v) is 4.23. The molecule has 0 saturated heterocycles. The normalized spacial score (nSPS) is 11.0. The van der Waals surface area contributed by atoms with Crippen molar-refractivity contribution >= 4 is 33.1 Å². The number of methoxy groups -OCH3 is 1. The molecule has 124 valence electrons. The smallest absolute Gasteiger partial charge is 0.337 e. The summed E-state index contributed by atoms with van der Waals surface area (Å²) in [7, 11) is 2.64. The number of hydrogen-bond donors (Lipinski definition) is 0. The summed E-state index contributed by atoms with van der Waals surface area (Å²) in [6, 6.07) is 8.84. The van der Waals surface area contributed by atoms with Gasteiger partial charge in [0.1, 0.15) is 6.54 Å². The monoisotopic (exact) mass is 392 g/mol. The maximum atomic E-state index is 12.6. The predicted octanol–water partition coefficient (Wildman–Crippen LogP) is 0.821. The molecule has 3 aromatic rings. The van der Waals surface area contributed by atoms with Gasteiger partial charge >= 0.3 is 11.7 Å². The maximum Gasteiger partial charge on any atom is 0.337 e. The molecule has 0 aliphatic carbocycles. The number of ether oxygens (including phenoxy) is 1. The van der Waals surface area contributed by atoms with Crippen LogP contribution in [0.15, 0.2) is 44.7 Å². The van der Waals surface area contributed by atoms with Crippen molar-refractivity contribution in [2.45, 2.75) is 6.54 Å². The molecule has 0 amide bonds. The number of para-hydroxylation sites is 1. The van der Waals surface area contributed by atoms with Crippen molar-refractivity contribution in [2.75, 3.05) is 7.11 Å². The molecule has 2 heterocycles. The van der Waals surface area contributed by atoms with Crippen molar-refractivity contribution in [1.29, 1.82) is 0 Å². The molecule has 0 saturated carbocycles. The Morgan fingerprint density at radius 2 is 1.92 bits per heavy atom. The second-order valence-corrected chi connectivity index (χ2v) is 5.74. The van der Waals surface area contributed by atoms with Gasteiger partial charge < -0.3 is 9.30 Å². The van der Waals surface area contributed by atoms with Gasteiger partial charge in [-0.05, 0) is 28.1 Å². The Hall–Kier alpha value is -2.68. The number of carbonyl (C=O) groups excluding carboxylic acids is 1. The number of esters is 1. The first-order valence-electron chi connectivity index (χ1n) is 6.95. The minimum Gasteiger partial charge on any atom is -0.468 e. The van der Waals surface area contributed by atoms with Gasteiger partial charge in [0, 0.05) is 7.05 Å². The largest absolute Gasteiger partial charge is 0.468 e. The molecule has 0 radical (unpaired) electrons. The molecule has 3 rings (SSSR count). The lowest BCUT2D eigenvalue weighted by molar-refractivity contribution is -0.141. The van der Waals surface area contributed by atoms with Crippen LogP contribution in [0.5, 0.6) is 0 Å².